The highest BCUT2D eigenvalue weighted by atomic mass is 19.4. The van der Waals surface area contributed by atoms with Gasteiger partial charge in [0.05, 0.1) is 24.3 Å². The predicted octanol–water partition coefficient (Wildman–Crippen LogP) is 4.34. The topological polar surface area (TPSA) is 91.3 Å². The van der Waals surface area contributed by atoms with Crippen LogP contribution in [0.1, 0.15) is 29.5 Å². The van der Waals surface area contributed by atoms with Gasteiger partial charge in [-0.05, 0) is 42.7 Å². The van der Waals surface area contributed by atoms with Crippen molar-refractivity contribution in [2.24, 2.45) is 0 Å². The number of aromatic nitrogens is 3. The highest BCUT2D eigenvalue weighted by Gasteiger charge is 2.38. The van der Waals surface area contributed by atoms with Crippen LogP contribution >= 0.6 is 0 Å². The monoisotopic (exact) mass is 452 g/mol. The van der Waals surface area contributed by atoms with E-state index in [0.29, 0.717) is 18.4 Å². The van der Waals surface area contributed by atoms with Gasteiger partial charge in [0.1, 0.15) is 11.3 Å². The highest BCUT2D eigenvalue weighted by molar-refractivity contribution is 5.78. The number of carbonyl (C=O) groups is 1. The molecule has 4 rings (SSSR count). The first kappa shape index (κ1) is 22.0. The fourth-order valence-electron chi connectivity index (χ4n) is 4.10. The zero-order valence-electron chi connectivity index (χ0n) is 16.8. The number of nitrogens with one attached hydrogen (secondary N) is 1. The van der Waals surface area contributed by atoms with Gasteiger partial charge in [-0.1, -0.05) is 17.3 Å². The van der Waals surface area contributed by atoms with Crippen LogP contribution in [0.3, 0.4) is 0 Å². The molecule has 1 amide bonds. The third-order valence-corrected chi connectivity index (χ3v) is 5.93. The summed E-state index contributed by atoms with van der Waals surface area (Å²) >= 11 is 0. The van der Waals surface area contributed by atoms with Gasteiger partial charge >= 0.3 is 12.3 Å². The molecule has 0 aliphatic carbocycles. The number of amides is 1. The second-order valence-electron chi connectivity index (χ2n) is 7.89. The Morgan fingerprint density at radius 1 is 1.19 bits per heavy atom. The summed E-state index contributed by atoms with van der Waals surface area (Å²) in [5.41, 5.74) is 0.0574. The maximum atomic E-state index is 13.4. The summed E-state index contributed by atoms with van der Waals surface area (Å²) in [6.45, 7) is 0.546. The van der Waals surface area contributed by atoms with E-state index >= 15 is 0 Å². The van der Waals surface area contributed by atoms with E-state index in [1.54, 1.807) is 12.1 Å². The number of carboxylic acid groups (broad SMARTS) is 1. The minimum Gasteiger partial charge on any atom is -0.465 e. The van der Waals surface area contributed by atoms with Gasteiger partial charge in [0.15, 0.2) is 0 Å². The van der Waals surface area contributed by atoms with E-state index in [-0.39, 0.29) is 37.4 Å². The van der Waals surface area contributed by atoms with E-state index in [1.165, 1.54) is 17.0 Å². The number of H-pyrrole nitrogens is 1. The second-order valence-corrected chi connectivity index (χ2v) is 7.89. The Bertz CT molecular complexity index is 1110. The van der Waals surface area contributed by atoms with Gasteiger partial charge in [0, 0.05) is 24.1 Å². The molecule has 0 spiro atoms. The lowest BCUT2D eigenvalue weighted by Crippen LogP contribution is -2.47. The maximum absolute atomic E-state index is 13.4. The van der Waals surface area contributed by atoms with Gasteiger partial charge in [-0.25, -0.2) is 9.18 Å². The first-order valence-electron chi connectivity index (χ1n) is 9.90. The summed E-state index contributed by atoms with van der Waals surface area (Å²) < 4.78 is 59.1. The van der Waals surface area contributed by atoms with Crippen LogP contribution in [0.2, 0.25) is 0 Å². The van der Waals surface area contributed by atoms with E-state index in [2.05, 4.69) is 15.4 Å². The minimum atomic E-state index is -4.54. The van der Waals surface area contributed by atoms with Crippen molar-refractivity contribution in [3.05, 3.63) is 58.9 Å². The Labute approximate surface area is 180 Å². The smallest absolute Gasteiger partial charge is 0.416 e. The van der Waals surface area contributed by atoms with E-state index < -0.39 is 29.1 Å². The summed E-state index contributed by atoms with van der Waals surface area (Å²) in [7, 11) is 0. The van der Waals surface area contributed by atoms with Crippen molar-refractivity contribution < 1.29 is 32.2 Å². The normalized spacial score (nSPS) is 16.4. The SMILES string of the molecule is O=C(O)N1CCC(COCc2cc(C(F)(F)F)cc3nn[nH]c23)(c2ccc(F)cc2)CC1. The molecule has 170 valence electrons. The molecule has 32 heavy (non-hydrogen) atoms. The Kier molecular flexibility index (Phi) is 5.76. The number of hydrogen-bond acceptors (Lipinski definition) is 4. The molecule has 0 bridgehead atoms. The molecule has 0 unspecified atom stereocenters. The summed E-state index contributed by atoms with van der Waals surface area (Å²) in [6.07, 6.45) is -4.68. The summed E-state index contributed by atoms with van der Waals surface area (Å²) in [6, 6.07) is 7.84. The molecule has 0 atom stereocenters. The molecule has 1 aromatic heterocycles. The fourth-order valence-corrected chi connectivity index (χ4v) is 4.10. The van der Waals surface area contributed by atoms with E-state index in [4.69, 9.17) is 4.74 Å². The van der Waals surface area contributed by atoms with Gasteiger partial charge in [0.2, 0.25) is 0 Å². The standard InChI is InChI=1S/C21H20F4N4O3/c22-16-3-1-14(2-4-16)20(5-7-29(8-6-20)19(30)31)12-32-11-13-9-15(21(23,24)25)10-17-18(13)27-28-26-17/h1-4,9-10H,5-8,11-12H2,(H,30,31)(H,26,27,28). The van der Waals surface area contributed by atoms with Gasteiger partial charge in [0.25, 0.3) is 0 Å². The first-order valence-corrected chi connectivity index (χ1v) is 9.90. The predicted molar refractivity (Wildman–Crippen MR) is 105 cm³/mol. The third kappa shape index (κ3) is 4.38. The average molecular weight is 452 g/mol. The number of hydrogen-bond donors (Lipinski definition) is 2. The van der Waals surface area contributed by atoms with Crippen LogP contribution in [-0.4, -0.2) is 51.2 Å². The van der Waals surface area contributed by atoms with Crippen molar-refractivity contribution in [3.63, 3.8) is 0 Å². The molecule has 0 saturated carbocycles. The van der Waals surface area contributed by atoms with E-state index in [9.17, 15) is 27.5 Å². The Morgan fingerprint density at radius 2 is 1.88 bits per heavy atom. The Balaban J connectivity index is 1.56. The average Bonchev–Trinajstić information content (AvgIpc) is 3.23. The largest absolute Gasteiger partial charge is 0.465 e. The molecule has 1 aliphatic heterocycles. The molecule has 3 aromatic rings. The molecule has 7 nitrogen and oxygen atoms in total. The van der Waals surface area contributed by atoms with Crippen molar-refractivity contribution in [2.45, 2.75) is 31.0 Å². The number of nitrogens with zero attached hydrogens (tertiary/aromatic N) is 3. The molecular weight excluding hydrogens is 432 g/mol. The lowest BCUT2D eigenvalue weighted by atomic mass is 9.73. The van der Waals surface area contributed by atoms with Crippen molar-refractivity contribution in [3.8, 4) is 0 Å². The second kappa shape index (κ2) is 8.38. The minimum absolute atomic E-state index is 0.0847. The quantitative estimate of drug-likeness (QED) is 0.562. The zero-order chi connectivity index (χ0) is 22.9. The lowest BCUT2D eigenvalue weighted by molar-refractivity contribution is -0.137. The number of aromatic amines is 1. The van der Waals surface area contributed by atoms with E-state index in [0.717, 1.165) is 17.7 Å². The molecule has 11 heteroatoms. The van der Waals surface area contributed by atoms with Gasteiger partial charge in [-0.2, -0.15) is 13.2 Å². The number of ether oxygens (including phenoxy) is 1. The van der Waals surface area contributed by atoms with Crippen LogP contribution in [0.25, 0.3) is 11.0 Å². The lowest BCUT2D eigenvalue weighted by Gasteiger charge is -2.41. The molecule has 2 aromatic carbocycles. The summed E-state index contributed by atoms with van der Waals surface area (Å²) in [5.74, 6) is -0.397. The van der Waals surface area contributed by atoms with Gasteiger partial charge < -0.3 is 14.7 Å². The van der Waals surface area contributed by atoms with Crippen LogP contribution in [0, 0.1) is 5.82 Å². The number of halogens is 4. The molecule has 2 N–H and O–H groups in total. The van der Waals surface area contributed by atoms with Crippen molar-refractivity contribution in [1.82, 2.24) is 20.3 Å². The van der Waals surface area contributed by atoms with Crippen LogP contribution in [0.15, 0.2) is 36.4 Å². The van der Waals surface area contributed by atoms with Crippen molar-refractivity contribution in [1.29, 1.82) is 0 Å². The third-order valence-electron chi connectivity index (χ3n) is 5.93. The molecule has 2 heterocycles. The van der Waals surface area contributed by atoms with Crippen molar-refractivity contribution >= 4 is 17.1 Å². The van der Waals surface area contributed by atoms with Crippen LogP contribution < -0.4 is 0 Å². The number of fused-ring (bicyclic) bond motifs is 1. The first-order chi connectivity index (χ1) is 15.2. The zero-order valence-corrected chi connectivity index (χ0v) is 16.8. The van der Waals surface area contributed by atoms with Crippen LogP contribution in [0.4, 0.5) is 22.4 Å². The highest BCUT2D eigenvalue weighted by Crippen LogP contribution is 2.37. The summed E-state index contributed by atoms with van der Waals surface area (Å²) in [4.78, 5) is 12.6. The Morgan fingerprint density at radius 3 is 2.50 bits per heavy atom. The molecule has 1 aliphatic rings. The number of likely N-dealkylation sites (tertiary alicyclic amines) is 1. The summed E-state index contributed by atoms with van der Waals surface area (Å²) in [5, 5.41) is 19.1. The number of rotatable bonds is 5. The fraction of sp³-hybridized carbons (Fsp3) is 0.381. The van der Waals surface area contributed by atoms with Crippen LogP contribution in [0.5, 0.6) is 0 Å². The number of benzene rings is 2. The maximum Gasteiger partial charge on any atom is 0.416 e. The van der Waals surface area contributed by atoms with Crippen LogP contribution in [-0.2, 0) is 22.9 Å². The molecule has 0 radical (unpaired) electrons. The molecular formula is C21H20F4N4O3. The molecule has 1 fully saturated rings. The van der Waals surface area contributed by atoms with E-state index in [1.807, 2.05) is 0 Å². The number of alkyl halides is 3. The van der Waals surface area contributed by atoms with Gasteiger partial charge in [-0.15, -0.1) is 5.10 Å². The number of piperidine rings is 1. The Hall–Kier alpha value is -3.21. The molecule has 1 saturated heterocycles. The van der Waals surface area contributed by atoms with Crippen molar-refractivity contribution in [2.75, 3.05) is 19.7 Å². The van der Waals surface area contributed by atoms with Gasteiger partial charge in [-0.3, -0.25) is 5.10 Å².